The van der Waals surface area contributed by atoms with E-state index in [9.17, 15) is 14.4 Å². The van der Waals surface area contributed by atoms with Gasteiger partial charge in [0, 0.05) is 62.3 Å². The number of amides is 3. The topological polar surface area (TPSA) is 103 Å². The maximum atomic E-state index is 14.5. The molecule has 1 saturated carbocycles. The van der Waals surface area contributed by atoms with E-state index in [4.69, 9.17) is 4.98 Å². The number of likely N-dealkylation sites (tertiary alicyclic amines) is 1. The van der Waals surface area contributed by atoms with Crippen LogP contribution in [-0.4, -0.2) is 94.2 Å². The molecule has 1 saturated heterocycles. The molecule has 5 heterocycles. The van der Waals surface area contributed by atoms with Crippen molar-refractivity contribution in [2.24, 2.45) is 0 Å². The Bertz CT molecular complexity index is 1820. The number of anilines is 1. The summed E-state index contributed by atoms with van der Waals surface area (Å²) in [5.41, 5.74) is 3.45. The minimum absolute atomic E-state index is 0.0253. The highest BCUT2D eigenvalue weighted by Crippen LogP contribution is 2.50. The van der Waals surface area contributed by atoms with Crippen molar-refractivity contribution < 1.29 is 14.4 Å². The van der Waals surface area contributed by atoms with Crippen LogP contribution < -0.4 is 4.90 Å². The van der Waals surface area contributed by atoms with E-state index in [0.29, 0.717) is 31.6 Å². The Labute approximate surface area is 262 Å². The lowest BCUT2D eigenvalue weighted by Gasteiger charge is -2.40. The van der Waals surface area contributed by atoms with Gasteiger partial charge < -0.3 is 14.7 Å². The van der Waals surface area contributed by atoms with Gasteiger partial charge in [-0.15, -0.1) is 0 Å². The molecule has 0 N–H and O–H groups in total. The van der Waals surface area contributed by atoms with Crippen LogP contribution in [0.1, 0.15) is 47.4 Å². The molecule has 2 fully saturated rings. The fraction of sp³-hybridized carbons (Fsp3) is 0.371. The predicted octanol–water partition coefficient (Wildman–Crippen LogP) is 3.89. The standard InChI is InChI=1S/C35H37N7O3/c1-39(2)31(43)27-10-9-24(20-37-27)30-25-8-6-5-7-23(25)19-38-28(30)22-42-29-21-36-16-11-26(29)34(32(42)44)14-17-41(18-15-34)33(45)35(12-13-35)40(3)4/h5-11,16,19-21H,12-15,17-18,22H2,1-4H3. The number of hydrogen-bond donors (Lipinski definition) is 0. The van der Waals surface area contributed by atoms with Gasteiger partial charge in [-0.25, -0.2) is 0 Å². The zero-order chi connectivity index (χ0) is 31.5. The molecular weight excluding hydrogens is 566 g/mol. The van der Waals surface area contributed by atoms with Crippen LogP contribution in [0, 0.1) is 0 Å². The Morgan fingerprint density at radius 3 is 2.31 bits per heavy atom. The minimum atomic E-state index is -0.712. The third-order valence-corrected chi connectivity index (χ3v) is 10.0. The van der Waals surface area contributed by atoms with E-state index < -0.39 is 5.41 Å². The number of pyridine rings is 3. The van der Waals surface area contributed by atoms with Gasteiger partial charge in [-0.3, -0.25) is 34.2 Å². The van der Waals surface area contributed by atoms with Crippen LogP contribution in [0.2, 0.25) is 0 Å². The maximum absolute atomic E-state index is 14.5. The number of hydrogen-bond acceptors (Lipinski definition) is 7. The second-order valence-corrected chi connectivity index (χ2v) is 12.9. The maximum Gasteiger partial charge on any atom is 0.271 e. The van der Waals surface area contributed by atoms with E-state index in [1.807, 2.05) is 71.4 Å². The second-order valence-electron chi connectivity index (χ2n) is 12.9. The van der Waals surface area contributed by atoms with Gasteiger partial charge in [0.2, 0.25) is 11.8 Å². The Morgan fingerprint density at radius 1 is 0.889 bits per heavy atom. The fourth-order valence-corrected chi connectivity index (χ4v) is 7.18. The summed E-state index contributed by atoms with van der Waals surface area (Å²) in [5, 5.41) is 1.96. The average molecular weight is 604 g/mol. The van der Waals surface area contributed by atoms with Crippen LogP contribution in [0.4, 0.5) is 5.69 Å². The van der Waals surface area contributed by atoms with Crippen molar-refractivity contribution in [3.05, 3.63) is 84.2 Å². The number of rotatable bonds is 6. The van der Waals surface area contributed by atoms with E-state index in [-0.39, 0.29) is 29.8 Å². The molecule has 1 aromatic carbocycles. The van der Waals surface area contributed by atoms with Gasteiger partial charge in [-0.2, -0.15) is 0 Å². The van der Waals surface area contributed by atoms with Gasteiger partial charge in [0.05, 0.1) is 29.5 Å². The zero-order valence-electron chi connectivity index (χ0n) is 26.2. The summed E-state index contributed by atoms with van der Waals surface area (Å²) in [6, 6.07) is 13.6. The van der Waals surface area contributed by atoms with Crippen LogP contribution in [-0.2, 0) is 21.5 Å². The van der Waals surface area contributed by atoms with Gasteiger partial charge in [0.15, 0.2) is 0 Å². The molecule has 230 valence electrons. The highest BCUT2D eigenvalue weighted by Gasteiger charge is 2.57. The highest BCUT2D eigenvalue weighted by molar-refractivity contribution is 6.08. The first-order chi connectivity index (χ1) is 21.7. The molecule has 2 aliphatic heterocycles. The van der Waals surface area contributed by atoms with Crippen molar-refractivity contribution in [2.75, 3.05) is 46.2 Å². The summed E-state index contributed by atoms with van der Waals surface area (Å²) in [5.74, 6) is 0.0328. The molecule has 0 unspecified atom stereocenters. The number of aromatic nitrogens is 3. The van der Waals surface area contributed by atoms with Crippen molar-refractivity contribution in [2.45, 2.75) is 43.2 Å². The van der Waals surface area contributed by atoms with Crippen LogP contribution in [0.15, 0.2) is 67.3 Å². The lowest BCUT2D eigenvalue weighted by Crippen LogP contribution is -2.54. The second kappa shape index (κ2) is 10.7. The SMILES string of the molecule is CN(C)C(=O)c1ccc(-c2c(CN3C(=O)C4(CCN(C(=O)C5(N(C)C)CC5)CC4)c4ccncc43)ncc3ccccc23)cn1. The molecule has 1 aliphatic carbocycles. The summed E-state index contributed by atoms with van der Waals surface area (Å²) < 4.78 is 0. The molecule has 3 aromatic heterocycles. The molecule has 0 atom stereocenters. The van der Waals surface area contributed by atoms with Crippen molar-refractivity contribution in [3.63, 3.8) is 0 Å². The van der Waals surface area contributed by atoms with E-state index in [2.05, 4.69) is 9.97 Å². The Balaban J connectivity index is 1.23. The smallest absolute Gasteiger partial charge is 0.271 e. The monoisotopic (exact) mass is 603 g/mol. The lowest BCUT2D eigenvalue weighted by molar-refractivity contribution is -0.141. The zero-order valence-corrected chi connectivity index (χ0v) is 26.2. The molecule has 10 nitrogen and oxygen atoms in total. The quantitative estimate of drug-likeness (QED) is 0.330. The minimum Gasteiger partial charge on any atom is -0.343 e. The molecule has 7 rings (SSSR count). The van der Waals surface area contributed by atoms with E-state index in [1.54, 1.807) is 38.8 Å². The fourth-order valence-electron chi connectivity index (χ4n) is 7.18. The first-order valence-electron chi connectivity index (χ1n) is 15.4. The lowest BCUT2D eigenvalue weighted by atomic mass is 9.74. The highest BCUT2D eigenvalue weighted by atomic mass is 16.2. The summed E-state index contributed by atoms with van der Waals surface area (Å²) >= 11 is 0. The molecule has 3 aliphatic rings. The van der Waals surface area contributed by atoms with Crippen LogP contribution in [0.25, 0.3) is 21.9 Å². The Kier molecular flexibility index (Phi) is 6.92. The van der Waals surface area contributed by atoms with E-state index in [0.717, 1.165) is 51.7 Å². The predicted molar refractivity (Wildman–Crippen MR) is 172 cm³/mol. The average Bonchev–Trinajstić information content (AvgIpc) is 3.85. The number of carbonyl (C=O) groups is 3. The number of likely N-dealkylation sites (N-methyl/N-ethyl adjacent to an activating group) is 1. The molecule has 10 heteroatoms. The molecule has 0 bridgehead atoms. The molecule has 45 heavy (non-hydrogen) atoms. The van der Waals surface area contributed by atoms with Gasteiger partial charge >= 0.3 is 0 Å². The van der Waals surface area contributed by atoms with Gasteiger partial charge in [0.1, 0.15) is 11.2 Å². The molecule has 1 spiro atoms. The van der Waals surface area contributed by atoms with E-state index >= 15 is 0 Å². The first-order valence-corrected chi connectivity index (χ1v) is 15.4. The molecule has 4 aromatic rings. The normalized spacial score (nSPS) is 18.0. The summed E-state index contributed by atoms with van der Waals surface area (Å²) in [4.78, 5) is 61.6. The van der Waals surface area contributed by atoms with Crippen molar-refractivity contribution >= 4 is 34.2 Å². The van der Waals surface area contributed by atoms with Gasteiger partial charge in [-0.05, 0) is 62.9 Å². The summed E-state index contributed by atoms with van der Waals surface area (Å²) in [6.45, 7) is 1.34. The Morgan fingerprint density at radius 2 is 1.64 bits per heavy atom. The van der Waals surface area contributed by atoms with Gasteiger partial charge in [-0.1, -0.05) is 30.3 Å². The third kappa shape index (κ3) is 4.58. The van der Waals surface area contributed by atoms with Gasteiger partial charge in [0.25, 0.3) is 5.91 Å². The van der Waals surface area contributed by atoms with Crippen LogP contribution in [0.5, 0.6) is 0 Å². The van der Waals surface area contributed by atoms with Crippen LogP contribution in [0.3, 0.4) is 0 Å². The number of benzene rings is 1. The summed E-state index contributed by atoms with van der Waals surface area (Å²) in [6.07, 6.45) is 9.97. The van der Waals surface area contributed by atoms with Crippen molar-refractivity contribution in [1.82, 2.24) is 29.7 Å². The molecule has 0 radical (unpaired) electrons. The van der Waals surface area contributed by atoms with E-state index in [1.165, 1.54) is 4.90 Å². The first kappa shape index (κ1) is 29.0. The summed E-state index contributed by atoms with van der Waals surface area (Å²) in [7, 11) is 7.35. The largest absolute Gasteiger partial charge is 0.343 e. The third-order valence-electron chi connectivity index (χ3n) is 10.0. The molecule has 3 amide bonds. The number of nitrogens with zero attached hydrogens (tertiary/aromatic N) is 7. The van der Waals surface area contributed by atoms with Crippen LogP contribution >= 0.6 is 0 Å². The van der Waals surface area contributed by atoms with Crippen molar-refractivity contribution in [3.8, 4) is 11.1 Å². The number of piperidine rings is 1. The Hall–Kier alpha value is -4.70. The molecular formula is C35H37N7O3. The number of fused-ring (bicyclic) bond motifs is 3. The van der Waals surface area contributed by atoms with Crippen molar-refractivity contribution in [1.29, 1.82) is 0 Å². The number of carbonyl (C=O) groups excluding carboxylic acids is 3.